The van der Waals surface area contributed by atoms with Gasteiger partial charge in [-0.2, -0.15) is 0 Å². The van der Waals surface area contributed by atoms with Crippen molar-refractivity contribution in [3.05, 3.63) is 41.6 Å². The van der Waals surface area contributed by atoms with Gasteiger partial charge < -0.3 is 10.1 Å². The van der Waals surface area contributed by atoms with Gasteiger partial charge in [-0.25, -0.2) is 4.79 Å². The largest absolute Gasteiger partial charge is 0.465 e. The zero-order chi connectivity index (χ0) is 12.1. The van der Waals surface area contributed by atoms with Gasteiger partial charge in [-0.05, 0) is 25.0 Å². The van der Waals surface area contributed by atoms with Crippen LogP contribution in [-0.2, 0) is 4.74 Å². The first-order valence-corrected chi connectivity index (χ1v) is 5.22. The fraction of sp³-hybridized carbons (Fsp3) is 0.308. The molecule has 0 aliphatic rings. The third-order valence-corrected chi connectivity index (χ3v) is 2.41. The molecule has 0 saturated heterocycles. The van der Waals surface area contributed by atoms with Gasteiger partial charge in [0.1, 0.15) is 0 Å². The maximum atomic E-state index is 11.6. The molecule has 0 bridgehead atoms. The number of nitrogens with one attached hydrogen (secondary N) is 1. The lowest BCUT2D eigenvalue weighted by molar-refractivity contribution is 0.0602. The van der Waals surface area contributed by atoms with Crippen LogP contribution in [0.3, 0.4) is 0 Å². The number of anilines is 1. The van der Waals surface area contributed by atoms with E-state index in [1.807, 2.05) is 26.0 Å². The quantitative estimate of drug-likeness (QED) is 0.791. The Labute approximate surface area is 96.1 Å². The molecule has 0 amide bonds. The average molecular weight is 219 g/mol. The van der Waals surface area contributed by atoms with Crippen LogP contribution in [0.25, 0.3) is 0 Å². The van der Waals surface area contributed by atoms with Gasteiger partial charge in [-0.3, -0.25) is 0 Å². The molecular weight excluding hydrogens is 202 g/mol. The zero-order valence-electron chi connectivity index (χ0n) is 9.96. The van der Waals surface area contributed by atoms with Crippen molar-refractivity contribution < 1.29 is 9.53 Å². The van der Waals surface area contributed by atoms with E-state index in [4.69, 9.17) is 4.74 Å². The Morgan fingerprint density at radius 3 is 2.75 bits per heavy atom. The van der Waals surface area contributed by atoms with Gasteiger partial charge in [0.05, 0.1) is 18.4 Å². The highest BCUT2D eigenvalue weighted by molar-refractivity contribution is 5.96. The second-order valence-electron chi connectivity index (χ2n) is 3.57. The molecule has 0 unspecified atom stereocenters. The van der Waals surface area contributed by atoms with Crippen LogP contribution in [-0.4, -0.2) is 13.1 Å². The fourth-order valence-electron chi connectivity index (χ4n) is 1.38. The molecule has 0 spiro atoms. The molecule has 1 N–H and O–H groups in total. The highest BCUT2D eigenvalue weighted by Gasteiger charge is 2.13. The van der Waals surface area contributed by atoms with Crippen molar-refractivity contribution in [2.24, 2.45) is 0 Å². The number of rotatable bonds is 4. The predicted molar refractivity (Wildman–Crippen MR) is 65.6 cm³/mol. The van der Waals surface area contributed by atoms with E-state index in [-0.39, 0.29) is 5.97 Å². The maximum Gasteiger partial charge on any atom is 0.339 e. The molecule has 0 atom stereocenters. The number of allylic oxidation sites excluding steroid dienone is 1. The zero-order valence-corrected chi connectivity index (χ0v) is 9.96. The van der Waals surface area contributed by atoms with Gasteiger partial charge in [0.2, 0.25) is 0 Å². The molecule has 86 valence electrons. The normalized spacial score (nSPS) is 9.69. The van der Waals surface area contributed by atoms with Crippen molar-refractivity contribution in [2.45, 2.75) is 20.3 Å². The van der Waals surface area contributed by atoms with Crippen molar-refractivity contribution in [3.63, 3.8) is 0 Å². The lowest BCUT2D eigenvalue weighted by Crippen LogP contribution is -2.08. The van der Waals surface area contributed by atoms with E-state index in [1.165, 1.54) is 7.11 Å². The highest BCUT2D eigenvalue weighted by Crippen LogP contribution is 2.23. The third-order valence-electron chi connectivity index (χ3n) is 2.41. The van der Waals surface area contributed by atoms with E-state index < -0.39 is 0 Å². The van der Waals surface area contributed by atoms with Crippen molar-refractivity contribution in [2.75, 3.05) is 12.4 Å². The minimum atomic E-state index is -0.338. The Morgan fingerprint density at radius 2 is 2.19 bits per heavy atom. The smallest absolute Gasteiger partial charge is 0.339 e. The summed E-state index contributed by atoms with van der Waals surface area (Å²) in [4.78, 5) is 11.6. The standard InChI is InChI=1S/C13H17NO2/c1-5-10(3)14-12-9(2)7-6-8-11(12)13(15)16-4/h6-8,14H,3,5H2,1-2,4H3. The molecule has 1 rings (SSSR count). The first-order chi connectivity index (χ1) is 7.60. The molecule has 0 heterocycles. The Morgan fingerprint density at radius 1 is 1.50 bits per heavy atom. The Balaban J connectivity index is 3.13. The molecule has 0 aliphatic carbocycles. The summed E-state index contributed by atoms with van der Waals surface area (Å²) >= 11 is 0. The molecule has 16 heavy (non-hydrogen) atoms. The van der Waals surface area contributed by atoms with E-state index in [1.54, 1.807) is 6.07 Å². The fourth-order valence-corrected chi connectivity index (χ4v) is 1.38. The highest BCUT2D eigenvalue weighted by atomic mass is 16.5. The number of esters is 1. The lowest BCUT2D eigenvalue weighted by atomic mass is 10.1. The van der Waals surface area contributed by atoms with Gasteiger partial charge in [0, 0.05) is 5.70 Å². The Kier molecular flexibility index (Phi) is 4.11. The number of aryl methyl sites for hydroxylation is 1. The number of ether oxygens (including phenoxy) is 1. The summed E-state index contributed by atoms with van der Waals surface area (Å²) in [6.07, 6.45) is 0.814. The van der Waals surface area contributed by atoms with E-state index in [0.29, 0.717) is 5.56 Å². The monoisotopic (exact) mass is 219 g/mol. The van der Waals surface area contributed by atoms with E-state index >= 15 is 0 Å². The first-order valence-electron chi connectivity index (χ1n) is 5.22. The number of para-hydroxylation sites is 1. The topological polar surface area (TPSA) is 38.3 Å². The minimum Gasteiger partial charge on any atom is -0.465 e. The second kappa shape index (κ2) is 5.35. The van der Waals surface area contributed by atoms with Crippen LogP contribution < -0.4 is 5.32 Å². The van der Waals surface area contributed by atoms with Gasteiger partial charge in [-0.15, -0.1) is 0 Å². The van der Waals surface area contributed by atoms with Gasteiger partial charge in [0.25, 0.3) is 0 Å². The summed E-state index contributed by atoms with van der Waals surface area (Å²) < 4.78 is 4.74. The number of hydrogen-bond donors (Lipinski definition) is 1. The van der Waals surface area contributed by atoms with Gasteiger partial charge in [-0.1, -0.05) is 25.6 Å². The van der Waals surface area contributed by atoms with Gasteiger partial charge in [0.15, 0.2) is 0 Å². The van der Waals surface area contributed by atoms with Gasteiger partial charge >= 0.3 is 5.97 Å². The minimum absolute atomic E-state index is 0.338. The summed E-state index contributed by atoms with van der Waals surface area (Å²) in [5, 5.41) is 3.15. The Hall–Kier alpha value is -1.77. The molecule has 1 aromatic rings. The van der Waals surface area contributed by atoms with E-state index in [9.17, 15) is 4.79 Å². The number of benzene rings is 1. The number of hydrogen-bond acceptors (Lipinski definition) is 3. The maximum absolute atomic E-state index is 11.6. The summed E-state index contributed by atoms with van der Waals surface area (Å²) in [7, 11) is 1.38. The van der Waals surface area contributed by atoms with Crippen LogP contribution in [0.4, 0.5) is 5.69 Å². The van der Waals surface area contributed by atoms with Crippen molar-refractivity contribution >= 4 is 11.7 Å². The van der Waals surface area contributed by atoms with E-state index in [0.717, 1.165) is 23.4 Å². The van der Waals surface area contributed by atoms with Crippen molar-refractivity contribution in [1.29, 1.82) is 0 Å². The van der Waals surface area contributed by atoms with Crippen LogP contribution in [0.5, 0.6) is 0 Å². The lowest BCUT2D eigenvalue weighted by Gasteiger charge is -2.14. The van der Waals surface area contributed by atoms with Crippen LogP contribution in [0, 0.1) is 6.92 Å². The molecule has 0 saturated carbocycles. The molecular formula is C13H17NO2. The van der Waals surface area contributed by atoms with Crippen LogP contribution in [0.1, 0.15) is 29.3 Å². The van der Waals surface area contributed by atoms with Crippen molar-refractivity contribution in [1.82, 2.24) is 0 Å². The summed E-state index contributed by atoms with van der Waals surface area (Å²) in [6.45, 7) is 7.82. The molecule has 3 heteroatoms. The van der Waals surface area contributed by atoms with Crippen LogP contribution in [0.2, 0.25) is 0 Å². The number of carbonyl (C=O) groups is 1. The van der Waals surface area contributed by atoms with Crippen LogP contribution >= 0.6 is 0 Å². The van der Waals surface area contributed by atoms with Crippen molar-refractivity contribution in [3.8, 4) is 0 Å². The third kappa shape index (κ3) is 2.63. The summed E-state index contributed by atoms with van der Waals surface area (Å²) in [5.41, 5.74) is 3.19. The number of methoxy groups -OCH3 is 1. The number of carbonyl (C=O) groups excluding carboxylic acids is 1. The first kappa shape index (κ1) is 12.3. The van der Waals surface area contributed by atoms with E-state index in [2.05, 4.69) is 11.9 Å². The molecule has 0 aromatic heterocycles. The predicted octanol–water partition coefficient (Wildman–Crippen LogP) is 3.12. The van der Waals surface area contributed by atoms with Crippen LogP contribution in [0.15, 0.2) is 30.5 Å². The molecule has 0 aliphatic heterocycles. The molecule has 3 nitrogen and oxygen atoms in total. The molecule has 0 fully saturated rings. The molecule has 0 radical (unpaired) electrons. The summed E-state index contributed by atoms with van der Waals surface area (Å²) in [5.74, 6) is -0.338. The summed E-state index contributed by atoms with van der Waals surface area (Å²) in [6, 6.07) is 5.52. The average Bonchev–Trinajstić information content (AvgIpc) is 2.30. The SMILES string of the molecule is C=C(CC)Nc1c(C)cccc1C(=O)OC. The second-order valence-corrected chi connectivity index (χ2v) is 3.57. The molecule has 1 aromatic carbocycles. The Bertz CT molecular complexity index is 410.